The first-order chi connectivity index (χ1) is 16.4. The number of carbonyl (C=O) groups is 2. The molecular weight excluding hydrogens is 454 g/mol. The molecule has 3 aromatic rings. The standard InChI is InChI=1S/C25H23N3O5S/c1-33-21-10-9-17(15-28-24(29)20-8-5-12-26-23(20)25(28)30)14-22(21)34(31,32)27-13-11-19(16-27)18-6-3-2-4-7-18/h2-10,12,14,19H,11,13,15-16H2,1H3/t19-/m0/s1. The zero-order valence-electron chi connectivity index (χ0n) is 18.5. The number of amides is 2. The molecule has 0 spiro atoms. The van der Waals surface area contributed by atoms with Gasteiger partial charge in [-0.25, -0.2) is 8.42 Å². The van der Waals surface area contributed by atoms with Crippen molar-refractivity contribution < 1.29 is 22.7 Å². The van der Waals surface area contributed by atoms with E-state index in [1.165, 1.54) is 23.7 Å². The lowest BCUT2D eigenvalue weighted by Crippen LogP contribution is -2.30. The number of hydrogen-bond acceptors (Lipinski definition) is 6. The number of sulfonamides is 1. The van der Waals surface area contributed by atoms with Gasteiger partial charge in [0.05, 0.1) is 19.2 Å². The summed E-state index contributed by atoms with van der Waals surface area (Å²) in [5.41, 5.74) is 1.98. The number of methoxy groups -OCH3 is 1. The van der Waals surface area contributed by atoms with E-state index in [-0.39, 0.29) is 34.4 Å². The first-order valence-electron chi connectivity index (χ1n) is 10.9. The third-order valence-electron chi connectivity index (χ3n) is 6.34. The Morgan fingerprint density at radius 2 is 1.82 bits per heavy atom. The number of rotatable bonds is 6. The molecule has 0 bridgehead atoms. The molecule has 2 aromatic carbocycles. The number of carbonyl (C=O) groups excluding carboxylic acids is 2. The van der Waals surface area contributed by atoms with Gasteiger partial charge in [-0.2, -0.15) is 4.31 Å². The molecule has 174 valence electrons. The van der Waals surface area contributed by atoms with E-state index in [0.717, 1.165) is 16.9 Å². The van der Waals surface area contributed by atoms with E-state index in [9.17, 15) is 18.0 Å². The van der Waals surface area contributed by atoms with Crippen LogP contribution in [0, 0.1) is 0 Å². The molecule has 0 saturated carbocycles. The highest BCUT2D eigenvalue weighted by Crippen LogP contribution is 2.35. The van der Waals surface area contributed by atoms with Crippen molar-refractivity contribution in [2.24, 2.45) is 0 Å². The number of nitrogens with zero attached hydrogens (tertiary/aromatic N) is 3. The van der Waals surface area contributed by atoms with Crippen molar-refractivity contribution in [3.8, 4) is 5.75 Å². The average Bonchev–Trinajstić information content (AvgIpc) is 3.46. The monoisotopic (exact) mass is 477 g/mol. The lowest BCUT2D eigenvalue weighted by Gasteiger charge is -2.20. The van der Waals surface area contributed by atoms with Gasteiger partial charge >= 0.3 is 0 Å². The van der Waals surface area contributed by atoms with E-state index in [0.29, 0.717) is 18.7 Å². The van der Waals surface area contributed by atoms with Gasteiger partial charge in [-0.1, -0.05) is 36.4 Å². The van der Waals surface area contributed by atoms with Crippen LogP contribution in [0.15, 0.2) is 71.8 Å². The summed E-state index contributed by atoms with van der Waals surface area (Å²) in [7, 11) is -2.43. The van der Waals surface area contributed by atoms with Gasteiger partial charge in [0, 0.05) is 19.3 Å². The molecule has 1 atom stereocenters. The number of hydrogen-bond donors (Lipinski definition) is 0. The second-order valence-electron chi connectivity index (χ2n) is 8.34. The predicted molar refractivity (Wildman–Crippen MR) is 124 cm³/mol. The van der Waals surface area contributed by atoms with Crippen molar-refractivity contribution >= 4 is 21.8 Å². The summed E-state index contributed by atoms with van der Waals surface area (Å²) >= 11 is 0. The largest absolute Gasteiger partial charge is 0.495 e. The lowest BCUT2D eigenvalue weighted by molar-refractivity contribution is 0.0640. The number of ether oxygens (including phenoxy) is 1. The van der Waals surface area contributed by atoms with E-state index in [1.54, 1.807) is 24.3 Å². The van der Waals surface area contributed by atoms with Crippen molar-refractivity contribution in [2.45, 2.75) is 23.8 Å². The van der Waals surface area contributed by atoms with Crippen LogP contribution in [0.2, 0.25) is 0 Å². The van der Waals surface area contributed by atoms with Crippen molar-refractivity contribution in [3.05, 3.63) is 89.2 Å². The molecular formula is C25H23N3O5S. The van der Waals surface area contributed by atoms with Gasteiger partial charge in [-0.15, -0.1) is 0 Å². The third-order valence-corrected chi connectivity index (χ3v) is 8.23. The quantitative estimate of drug-likeness (QED) is 0.506. The van der Waals surface area contributed by atoms with Gasteiger partial charge in [0.15, 0.2) is 0 Å². The Balaban J connectivity index is 1.42. The van der Waals surface area contributed by atoms with Gasteiger partial charge in [0.25, 0.3) is 11.8 Å². The van der Waals surface area contributed by atoms with Gasteiger partial charge in [-0.3, -0.25) is 19.5 Å². The molecule has 34 heavy (non-hydrogen) atoms. The molecule has 1 fully saturated rings. The minimum Gasteiger partial charge on any atom is -0.495 e. The molecule has 0 unspecified atom stereocenters. The van der Waals surface area contributed by atoms with Crippen LogP contribution in [0.1, 0.15) is 44.3 Å². The second kappa shape index (κ2) is 8.66. The molecule has 5 rings (SSSR count). The molecule has 3 heterocycles. The number of benzene rings is 2. The Hall–Kier alpha value is -3.56. The maximum atomic E-state index is 13.6. The molecule has 2 aliphatic heterocycles. The third kappa shape index (κ3) is 3.76. The van der Waals surface area contributed by atoms with Gasteiger partial charge in [0.1, 0.15) is 16.3 Å². The Bertz CT molecular complexity index is 1340. The molecule has 1 saturated heterocycles. The van der Waals surface area contributed by atoms with Crippen LogP contribution in [-0.4, -0.2) is 54.6 Å². The highest BCUT2D eigenvalue weighted by molar-refractivity contribution is 7.89. The van der Waals surface area contributed by atoms with Crippen molar-refractivity contribution in [3.63, 3.8) is 0 Å². The molecule has 9 heteroatoms. The zero-order valence-corrected chi connectivity index (χ0v) is 19.4. The summed E-state index contributed by atoms with van der Waals surface area (Å²) in [6.07, 6.45) is 2.19. The molecule has 1 aromatic heterocycles. The zero-order chi connectivity index (χ0) is 23.9. The van der Waals surface area contributed by atoms with Crippen molar-refractivity contribution in [1.82, 2.24) is 14.2 Å². The van der Waals surface area contributed by atoms with E-state index in [4.69, 9.17) is 4.74 Å². The Labute approximate surface area is 197 Å². The van der Waals surface area contributed by atoms with Crippen LogP contribution >= 0.6 is 0 Å². The average molecular weight is 478 g/mol. The van der Waals surface area contributed by atoms with Gasteiger partial charge < -0.3 is 4.74 Å². The smallest absolute Gasteiger partial charge is 0.280 e. The molecule has 2 aliphatic rings. The van der Waals surface area contributed by atoms with Crippen LogP contribution in [-0.2, 0) is 16.6 Å². The van der Waals surface area contributed by atoms with Crippen LogP contribution in [0.4, 0.5) is 0 Å². The summed E-state index contributed by atoms with van der Waals surface area (Å²) in [6.45, 7) is 0.719. The SMILES string of the molecule is COc1ccc(CN2C(=O)c3cccnc3C2=O)cc1S(=O)(=O)N1CC[C@H](c2ccccc2)C1. The van der Waals surface area contributed by atoms with Crippen LogP contribution in [0.3, 0.4) is 0 Å². The lowest BCUT2D eigenvalue weighted by atomic mass is 9.99. The highest BCUT2D eigenvalue weighted by Gasteiger charge is 2.38. The Kier molecular flexibility index (Phi) is 5.66. The number of imide groups is 1. The van der Waals surface area contributed by atoms with Crippen LogP contribution in [0.5, 0.6) is 5.75 Å². The first-order valence-corrected chi connectivity index (χ1v) is 12.4. The number of aromatic nitrogens is 1. The van der Waals surface area contributed by atoms with Crippen molar-refractivity contribution in [1.29, 1.82) is 0 Å². The molecule has 8 nitrogen and oxygen atoms in total. The van der Waals surface area contributed by atoms with E-state index in [1.807, 2.05) is 30.3 Å². The van der Waals surface area contributed by atoms with Crippen LogP contribution < -0.4 is 4.74 Å². The van der Waals surface area contributed by atoms with E-state index >= 15 is 0 Å². The maximum Gasteiger partial charge on any atom is 0.280 e. The first kappa shape index (κ1) is 22.2. The fourth-order valence-corrected chi connectivity index (χ4v) is 6.25. The van der Waals surface area contributed by atoms with E-state index < -0.39 is 21.8 Å². The number of fused-ring (bicyclic) bond motifs is 1. The second-order valence-corrected chi connectivity index (χ2v) is 10.2. The molecule has 0 N–H and O–H groups in total. The highest BCUT2D eigenvalue weighted by atomic mass is 32.2. The topological polar surface area (TPSA) is 96.9 Å². The van der Waals surface area contributed by atoms with Gasteiger partial charge in [-0.05, 0) is 47.7 Å². The van der Waals surface area contributed by atoms with Gasteiger partial charge in [0.2, 0.25) is 10.0 Å². The normalized spacial score (nSPS) is 18.4. The molecule has 0 aliphatic carbocycles. The Morgan fingerprint density at radius 3 is 2.56 bits per heavy atom. The van der Waals surface area contributed by atoms with E-state index in [2.05, 4.69) is 4.98 Å². The summed E-state index contributed by atoms with van der Waals surface area (Å²) in [5.74, 6) is -0.600. The predicted octanol–water partition coefficient (Wildman–Crippen LogP) is 3.06. The minimum atomic E-state index is -3.85. The van der Waals surface area contributed by atoms with Crippen molar-refractivity contribution in [2.75, 3.05) is 20.2 Å². The summed E-state index contributed by atoms with van der Waals surface area (Å²) < 4.78 is 34.0. The fourth-order valence-electron chi connectivity index (χ4n) is 4.54. The van der Waals surface area contributed by atoms with Crippen LogP contribution in [0.25, 0.3) is 0 Å². The minimum absolute atomic E-state index is 0.0240. The Morgan fingerprint density at radius 1 is 1.03 bits per heavy atom. The number of pyridine rings is 1. The maximum absolute atomic E-state index is 13.6. The molecule has 0 radical (unpaired) electrons. The molecule has 2 amide bonds. The summed E-state index contributed by atoms with van der Waals surface area (Å²) in [6, 6.07) is 17.7. The summed E-state index contributed by atoms with van der Waals surface area (Å²) in [4.78, 5) is 30.5. The fraction of sp³-hybridized carbons (Fsp3) is 0.240. The summed E-state index contributed by atoms with van der Waals surface area (Å²) in [5, 5.41) is 0.